The maximum Gasteiger partial charge on any atom is 0.0163 e. The van der Waals surface area contributed by atoms with Crippen LogP contribution in [0.15, 0.2) is 24.3 Å². The third-order valence-corrected chi connectivity index (χ3v) is 5.55. The van der Waals surface area contributed by atoms with Crippen LogP contribution in [0.4, 0.5) is 0 Å². The van der Waals surface area contributed by atoms with Crippen LogP contribution < -0.4 is 0 Å². The molecule has 1 atom stereocenters. The van der Waals surface area contributed by atoms with Crippen molar-refractivity contribution in [2.75, 3.05) is 39.3 Å². The molecular weight excluding hydrogens is 304 g/mol. The Hall–Kier alpha value is -0.600. The van der Waals surface area contributed by atoms with Crippen LogP contribution in [0.5, 0.6) is 0 Å². The van der Waals surface area contributed by atoms with Crippen molar-refractivity contribution in [3.05, 3.63) is 24.3 Å². The molecule has 0 radical (unpaired) electrons. The van der Waals surface area contributed by atoms with Gasteiger partial charge in [0.1, 0.15) is 0 Å². The van der Waals surface area contributed by atoms with E-state index in [9.17, 15) is 0 Å². The lowest BCUT2D eigenvalue weighted by Gasteiger charge is -2.27. The summed E-state index contributed by atoms with van der Waals surface area (Å²) in [6.45, 7) is 19.1. The van der Waals surface area contributed by atoms with Gasteiger partial charge in [0.25, 0.3) is 0 Å². The molecule has 2 saturated heterocycles. The van der Waals surface area contributed by atoms with E-state index in [1.807, 2.05) is 0 Å². The monoisotopic (exact) mass is 346 g/mol. The first-order valence-electron chi connectivity index (χ1n) is 10.5. The lowest BCUT2D eigenvalue weighted by molar-refractivity contribution is 0.250. The molecule has 0 spiro atoms. The maximum atomic E-state index is 2.63. The van der Waals surface area contributed by atoms with Gasteiger partial charge in [-0.25, -0.2) is 0 Å². The molecule has 25 heavy (non-hydrogen) atoms. The van der Waals surface area contributed by atoms with Gasteiger partial charge in [0.05, 0.1) is 0 Å². The summed E-state index contributed by atoms with van der Waals surface area (Å²) in [7, 11) is 0. The molecule has 2 nitrogen and oxygen atoms in total. The molecule has 2 aliphatic heterocycles. The van der Waals surface area contributed by atoms with Gasteiger partial charge in [-0.2, -0.15) is 0 Å². The van der Waals surface area contributed by atoms with Crippen LogP contribution in [-0.2, 0) is 0 Å². The van der Waals surface area contributed by atoms with Gasteiger partial charge < -0.3 is 0 Å². The Morgan fingerprint density at radius 3 is 2.12 bits per heavy atom. The van der Waals surface area contributed by atoms with E-state index < -0.39 is 0 Å². The number of likely N-dealkylation sites (tertiary alicyclic amines) is 2. The molecule has 1 unspecified atom stereocenters. The Kier molecular flexibility index (Phi) is 7.76. The van der Waals surface area contributed by atoms with Crippen molar-refractivity contribution < 1.29 is 0 Å². The minimum atomic E-state index is 0.306. The fraction of sp³-hybridized carbons (Fsp3) is 0.826. The predicted octanol–water partition coefficient (Wildman–Crippen LogP) is 5.37. The summed E-state index contributed by atoms with van der Waals surface area (Å²) in [5, 5.41) is 0. The van der Waals surface area contributed by atoms with Crippen LogP contribution >= 0.6 is 0 Å². The molecule has 0 aromatic heterocycles. The van der Waals surface area contributed by atoms with Crippen LogP contribution in [-0.4, -0.2) is 49.1 Å². The highest BCUT2D eigenvalue weighted by molar-refractivity contribution is 4.99. The highest BCUT2D eigenvalue weighted by Gasteiger charge is 2.27. The number of hydrogen-bond donors (Lipinski definition) is 0. The highest BCUT2D eigenvalue weighted by Crippen LogP contribution is 2.32. The van der Waals surface area contributed by atoms with Gasteiger partial charge >= 0.3 is 0 Å². The van der Waals surface area contributed by atoms with E-state index in [1.165, 1.54) is 58.3 Å². The molecule has 2 rings (SSSR count). The summed E-state index contributed by atoms with van der Waals surface area (Å²) in [5.41, 5.74) is 0.637. The highest BCUT2D eigenvalue weighted by atomic mass is 15.1. The molecule has 0 saturated carbocycles. The zero-order valence-corrected chi connectivity index (χ0v) is 17.6. The van der Waals surface area contributed by atoms with Gasteiger partial charge in [-0.3, -0.25) is 9.80 Å². The van der Waals surface area contributed by atoms with Crippen LogP contribution in [0.2, 0.25) is 0 Å². The lowest BCUT2D eigenvalue weighted by atomic mass is 9.82. The molecule has 2 fully saturated rings. The maximum absolute atomic E-state index is 2.63. The van der Waals surface area contributed by atoms with E-state index in [0.717, 1.165) is 19.0 Å². The van der Waals surface area contributed by atoms with E-state index in [1.54, 1.807) is 0 Å². The second kappa shape index (κ2) is 9.37. The van der Waals surface area contributed by atoms with Crippen molar-refractivity contribution in [2.45, 2.75) is 66.7 Å². The standard InChI is InChI=1S/C23H42N2/c1-22(2,3)12-9-17-25-18-11-21(20-25)19-23(4,5)13-10-16-24-14-7-6-8-15-24/h9-10,12-13,21H,6-8,11,14-20H2,1-5H3/b12-9+,13-10+. The van der Waals surface area contributed by atoms with Crippen molar-refractivity contribution in [2.24, 2.45) is 16.7 Å². The quantitative estimate of drug-likeness (QED) is 0.572. The predicted molar refractivity (Wildman–Crippen MR) is 111 cm³/mol. The van der Waals surface area contributed by atoms with E-state index in [0.29, 0.717) is 10.8 Å². The minimum Gasteiger partial charge on any atom is -0.300 e. The van der Waals surface area contributed by atoms with Crippen LogP contribution in [0.3, 0.4) is 0 Å². The van der Waals surface area contributed by atoms with Crippen LogP contribution in [0.1, 0.15) is 66.7 Å². The fourth-order valence-electron chi connectivity index (χ4n) is 4.28. The van der Waals surface area contributed by atoms with Crippen molar-refractivity contribution >= 4 is 0 Å². The SMILES string of the molecule is CC(C)(C)/C=C/CN1CCC(CC(C)(C)/C=C/CN2CCCCC2)C1. The third-order valence-electron chi connectivity index (χ3n) is 5.55. The Bertz CT molecular complexity index is 435. The summed E-state index contributed by atoms with van der Waals surface area (Å²) in [4.78, 5) is 5.23. The number of piperidine rings is 1. The van der Waals surface area contributed by atoms with E-state index in [-0.39, 0.29) is 0 Å². The Morgan fingerprint density at radius 1 is 0.800 bits per heavy atom. The molecule has 0 aliphatic carbocycles. The summed E-state index contributed by atoms with van der Waals surface area (Å²) in [6.07, 6.45) is 16.5. The molecule has 2 heterocycles. The Morgan fingerprint density at radius 2 is 1.44 bits per heavy atom. The summed E-state index contributed by atoms with van der Waals surface area (Å²) in [6, 6.07) is 0. The number of allylic oxidation sites excluding steroid dienone is 2. The van der Waals surface area contributed by atoms with Gasteiger partial charge in [0, 0.05) is 19.6 Å². The van der Waals surface area contributed by atoms with E-state index in [2.05, 4.69) is 68.7 Å². The number of hydrogen-bond acceptors (Lipinski definition) is 2. The molecular formula is C23H42N2. The van der Waals surface area contributed by atoms with Gasteiger partial charge in [0.15, 0.2) is 0 Å². The zero-order valence-electron chi connectivity index (χ0n) is 17.6. The first kappa shape index (κ1) is 20.7. The summed E-state index contributed by atoms with van der Waals surface area (Å²) >= 11 is 0. The van der Waals surface area contributed by atoms with Crippen LogP contribution in [0, 0.1) is 16.7 Å². The lowest BCUT2D eigenvalue weighted by Crippen LogP contribution is -2.30. The van der Waals surface area contributed by atoms with Gasteiger partial charge in [0.2, 0.25) is 0 Å². The molecule has 0 bridgehead atoms. The van der Waals surface area contributed by atoms with E-state index >= 15 is 0 Å². The average molecular weight is 347 g/mol. The minimum absolute atomic E-state index is 0.306. The summed E-state index contributed by atoms with van der Waals surface area (Å²) in [5.74, 6) is 0.859. The molecule has 0 aromatic carbocycles. The smallest absolute Gasteiger partial charge is 0.0163 e. The first-order chi connectivity index (χ1) is 11.7. The second-order valence-electron chi connectivity index (χ2n) is 10.1. The first-order valence-corrected chi connectivity index (χ1v) is 10.5. The van der Waals surface area contributed by atoms with E-state index in [4.69, 9.17) is 0 Å². The van der Waals surface area contributed by atoms with Crippen molar-refractivity contribution in [1.82, 2.24) is 9.80 Å². The van der Waals surface area contributed by atoms with Gasteiger partial charge in [-0.05, 0) is 62.1 Å². The van der Waals surface area contributed by atoms with Crippen molar-refractivity contribution in [3.8, 4) is 0 Å². The normalized spacial score (nSPS) is 24.8. The third kappa shape index (κ3) is 8.55. The topological polar surface area (TPSA) is 6.48 Å². The molecule has 0 amide bonds. The molecule has 0 N–H and O–H groups in total. The number of rotatable bonds is 7. The molecule has 2 aliphatic rings. The Balaban J connectivity index is 1.70. The summed E-state index contributed by atoms with van der Waals surface area (Å²) < 4.78 is 0. The second-order valence-corrected chi connectivity index (χ2v) is 10.1. The van der Waals surface area contributed by atoms with Crippen LogP contribution in [0.25, 0.3) is 0 Å². The Labute approximate surface area is 157 Å². The average Bonchev–Trinajstić information content (AvgIpc) is 2.93. The van der Waals surface area contributed by atoms with Gasteiger partial charge in [-0.1, -0.05) is 65.3 Å². The fourth-order valence-corrected chi connectivity index (χ4v) is 4.28. The zero-order chi connectivity index (χ0) is 18.3. The van der Waals surface area contributed by atoms with Crippen molar-refractivity contribution in [3.63, 3.8) is 0 Å². The number of nitrogens with zero attached hydrogens (tertiary/aromatic N) is 2. The largest absolute Gasteiger partial charge is 0.300 e. The molecule has 2 heteroatoms. The van der Waals surface area contributed by atoms with Gasteiger partial charge in [-0.15, -0.1) is 0 Å². The van der Waals surface area contributed by atoms with Crippen molar-refractivity contribution in [1.29, 1.82) is 0 Å². The molecule has 0 aromatic rings. The molecule has 144 valence electrons.